The molecule has 1 aromatic rings. The first kappa shape index (κ1) is 12.6. The number of hydrogen-bond acceptors (Lipinski definition) is 2. The molecule has 0 spiro atoms. The highest BCUT2D eigenvalue weighted by Crippen LogP contribution is 2.65. The van der Waals surface area contributed by atoms with Crippen LogP contribution in [0.25, 0.3) is 0 Å². The van der Waals surface area contributed by atoms with Crippen LogP contribution in [0.2, 0.25) is 0 Å². The number of nitrogens with zero attached hydrogens (tertiary/aromatic N) is 1. The van der Waals surface area contributed by atoms with Crippen LogP contribution in [0, 0.1) is 49.4 Å². The zero-order chi connectivity index (χ0) is 15.2. The second kappa shape index (κ2) is 3.89. The number of hydrogen-bond donors (Lipinski definition) is 0. The Morgan fingerprint density at radius 3 is 1.91 bits per heavy atom. The van der Waals surface area contributed by atoms with Gasteiger partial charge in [0.1, 0.15) is 0 Å². The Morgan fingerprint density at radius 1 is 0.909 bits per heavy atom. The third kappa shape index (κ3) is 1.33. The van der Waals surface area contributed by atoms with Crippen LogP contribution < -0.4 is 4.90 Å². The molecule has 2 bridgehead atoms. The zero-order valence-electron chi connectivity index (χ0n) is 12.8. The molecule has 1 aliphatic heterocycles. The summed E-state index contributed by atoms with van der Waals surface area (Å²) in [7, 11) is 0. The molecule has 2 amide bonds. The Morgan fingerprint density at radius 2 is 1.41 bits per heavy atom. The number of carbonyl (C=O) groups is 2. The van der Waals surface area contributed by atoms with Gasteiger partial charge in [-0.3, -0.25) is 9.59 Å². The van der Waals surface area contributed by atoms with E-state index >= 15 is 0 Å². The van der Waals surface area contributed by atoms with Crippen molar-refractivity contribution in [2.75, 3.05) is 4.90 Å². The Balaban J connectivity index is 1.64. The normalized spacial score (nSPS) is 40.9. The van der Waals surface area contributed by atoms with Crippen molar-refractivity contribution in [3.05, 3.63) is 41.5 Å². The molecule has 6 atom stereocenters. The van der Waals surface area contributed by atoms with Gasteiger partial charge < -0.3 is 0 Å². The number of aryl methyl sites for hydroxylation is 2. The summed E-state index contributed by atoms with van der Waals surface area (Å²) in [4.78, 5) is 27.7. The number of para-hydroxylation sites is 1. The van der Waals surface area contributed by atoms with E-state index in [1.807, 2.05) is 32.0 Å². The predicted molar refractivity (Wildman–Crippen MR) is 83.1 cm³/mol. The summed E-state index contributed by atoms with van der Waals surface area (Å²) in [6, 6.07) is 5.94. The van der Waals surface area contributed by atoms with Gasteiger partial charge in [-0.25, -0.2) is 4.90 Å². The van der Waals surface area contributed by atoms with Gasteiger partial charge in [0.25, 0.3) is 0 Å². The molecule has 4 aliphatic carbocycles. The fourth-order valence-electron chi connectivity index (χ4n) is 5.34. The van der Waals surface area contributed by atoms with Crippen LogP contribution in [0.4, 0.5) is 5.69 Å². The Kier molecular flexibility index (Phi) is 2.23. The minimum absolute atomic E-state index is 0.0390. The molecule has 1 heterocycles. The predicted octanol–water partition coefficient (Wildman–Crippen LogP) is 2.86. The highest BCUT2D eigenvalue weighted by atomic mass is 16.2. The largest absolute Gasteiger partial charge is 0.274 e. The van der Waals surface area contributed by atoms with Crippen LogP contribution in [-0.2, 0) is 9.59 Å². The maximum atomic E-state index is 13.1. The summed E-state index contributed by atoms with van der Waals surface area (Å²) in [5.41, 5.74) is 2.83. The molecule has 3 fully saturated rings. The molecule has 0 N–H and O–H groups in total. The highest BCUT2D eigenvalue weighted by molar-refractivity contribution is 6.23. The molecular weight excluding hydrogens is 274 g/mol. The molecule has 2 saturated carbocycles. The molecule has 112 valence electrons. The monoisotopic (exact) mass is 293 g/mol. The van der Waals surface area contributed by atoms with Crippen molar-refractivity contribution >= 4 is 17.5 Å². The molecule has 0 aromatic heterocycles. The second-order valence-corrected chi connectivity index (χ2v) is 7.41. The van der Waals surface area contributed by atoms with E-state index in [4.69, 9.17) is 0 Å². The molecule has 0 radical (unpaired) electrons. The number of carbonyl (C=O) groups excluding carboxylic acids is 2. The van der Waals surface area contributed by atoms with Gasteiger partial charge in [-0.1, -0.05) is 30.4 Å². The average Bonchev–Trinajstić information content (AvgIpc) is 3.27. The second-order valence-electron chi connectivity index (χ2n) is 7.41. The van der Waals surface area contributed by atoms with E-state index in [0.717, 1.165) is 16.8 Å². The number of benzene rings is 1. The van der Waals surface area contributed by atoms with Crippen molar-refractivity contribution in [3.8, 4) is 0 Å². The van der Waals surface area contributed by atoms with E-state index in [0.29, 0.717) is 23.7 Å². The SMILES string of the molecule is Cc1cccc(C)c1N1C(=O)[C@H]2[C@@H]3C=C[C@H]([C@@H]4C[C@H]34)[C@@H]2C1=O. The smallest absolute Gasteiger partial charge is 0.238 e. The summed E-state index contributed by atoms with van der Waals surface area (Å²) in [5, 5.41) is 0. The molecule has 3 nitrogen and oxygen atoms in total. The molecule has 6 rings (SSSR count). The van der Waals surface area contributed by atoms with Gasteiger partial charge in [0.15, 0.2) is 0 Å². The third-order valence-electron chi connectivity index (χ3n) is 6.33. The van der Waals surface area contributed by atoms with Crippen LogP contribution >= 0.6 is 0 Å². The Hall–Kier alpha value is -1.90. The lowest BCUT2D eigenvalue weighted by Gasteiger charge is -2.37. The average molecular weight is 293 g/mol. The lowest BCUT2D eigenvalue weighted by atomic mass is 9.63. The van der Waals surface area contributed by atoms with Gasteiger partial charge >= 0.3 is 0 Å². The fraction of sp³-hybridized carbons (Fsp3) is 0.474. The van der Waals surface area contributed by atoms with Gasteiger partial charge in [-0.15, -0.1) is 0 Å². The first-order valence-corrected chi connectivity index (χ1v) is 8.22. The molecule has 1 aromatic carbocycles. The first-order chi connectivity index (χ1) is 10.6. The topological polar surface area (TPSA) is 37.4 Å². The summed E-state index contributed by atoms with van der Waals surface area (Å²) >= 11 is 0. The van der Waals surface area contributed by atoms with Crippen LogP contribution in [-0.4, -0.2) is 11.8 Å². The van der Waals surface area contributed by atoms with Crippen LogP contribution in [0.5, 0.6) is 0 Å². The number of imide groups is 1. The Bertz CT molecular complexity index is 694. The maximum absolute atomic E-state index is 13.1. The van der Waals surface area contributed by atoms with Gasteiger partial charge in [-0.2, -0.15) is 0 Å². The third-order valence-corrected chi connectivity index (χ3v) is 6.33. The molecular formula is C19H19NO2. The van der Waals surface area contributed by atoms with Crippen LogP contribution in [0.3, 0.4) is 0 Å². The molecule has 3 heteroatoms. The van der Waals surface area contributed by atoms with Crippen LogP contribution in [0.15, 0.2) is 30.4 Å². The summed E-state index contributed by atoms with van der Waals surface area (Å²) < 4.78 is 0. The minimum Gasteiger partial charge on any atom is -0.274 e. The summed E-state index contributed by atoms with van der Waals surface area (Å²) in [5.74, 6) is 1.78. The number of anilines is 1. The van der Waals surface area contributed by atoms with E-state index in [1.54, 1.807) is 0 Å². The lowest BCUT2D eigenvalue weighted by molar-refractivity contribution is -0.124. The quantitative estimate of drug-likeness (QED) is 0.590. The summed E-state index contributed by atoms with van der Waals surface area (Å²) in [6.45, 7) is 3.96. The highest BCUT2D eigenvalue weighted by Gasteiger charge is 2.67. The van der Waals surface area contributed by atoms with E-state index in [-0.39, 0.29) is 23.7 Å². The van der Waals surface area contributed by atoms with Crippen molar-refractivity contribution in [1.29, 1.82) is 0 Å². The van der Waals surface area contributed by atoms with E-state index in [9.17, 15) is 9.59 Å². The van der Waals surface area contributed by atoms with E-state index < -0.39 is 0 Å². The Labute approximate surface area is 130 Å². The number of amides is 2. The van der Waals surface area contributed by atoms with Gasteiger partial charge in [0.2, 0.25) is 11.8 Å². The number of rotatable bonds is 1. The molecule has 22 heavy (non-hydrogen) atoms. The zero-order valence-corrected chi connectivity index (χ0v) is 12.8. The first-order valence-electron chi connectivity index (χ1n) is 8.22. The van der Waals surface area contributed by atoms with Crippen molar-refractivity contribution in [1.82, 2.24) is 0 Å². The number of allylic oxidation sites excluding steroid dienone is 2. The van der Waals surface area contributed by atoms with Crippen LogP contribution in [0.1, 0.15) is 17.5 Å². The minimum atomic E-state index is -0.106. The summed E-state index contributed by atoms with van der Waals surface area (Å²) in [6.07, 6.45) is 5.65. The standard InChI is InChI=1S/C19H19NO2/c1-9-4-3-5-10(2)17(9)20-18(21)15-11-6-7-12(14-8-13(11)14)16(15)19(20)22/h3-7,11-16H,8H2,1-2H3/t11-,12-,13-,14+,15+,16+/m1/s1. The van der Waals surface area contributed by atoms with Gasteiger partial charge in [-0.05, 0) is 55.1 Å². The van der Waals surface area contributed by atoms with Crippen molar-refractivity contribution in [2.45, 2.75) is 20.3 Å². The molecule has 1 saturated heterocycles. The fourth-order valence-corrected chi connectivity index (χ4v) is 5.34. The van der Waals surface area contributed by atoms with Crippen molar-refractivity contribution < 1.29 is 9.59 Å². The van der Waals surface area contributed by atoms with Crippen molar-refractivity contribution in [2.24, 2.45) is 35.5 Å². The van der Waals surface area contributed by atoms with Crippen molar-refractivity contribution in [3.63, 3.8) is 0 Å². The molecule has 0 unspecified atom stereocenters. The lowest BCUT2D eigenvalue weighted by Crippen LogP contribution is -2.40. The van der Waals surface area contributed by atoms with Gasteiger partial charge in [0, 0.05) is 0 Å². The van der Waals surface area contributed by atoms with E-state index in [2.05, 4.69) is 12.2 Å². The molecule has 5 aliphatic rings. The van der Waals surface area contributed by atoms with E-state index in [1.165, 1.54) is 11.3 Å². The maximum Gasteiger partial charge on any atom is 0.238 e. The van der Waals surface area contributed by atoms with Gasteiger partial charge in [0.05, 0.1) is 17.5 Å².